The van der Waals surface area contributed by atoms with Crippen LogP contribution in [0.25, 0.3) is 10.1 Å². The van der Waals surface area contributed by atoms with Crippen LogP contribution in [0.3, 0.4) is 0 Å². The van der Waals surface area contributed by atoms with Crippen molar-refractivity contribution >= 4 is 44.7 Å². The average molecular weight is 562 g/mol. The van der Waals surface area contributed by atoms with Crippen LogP contribution < -0.4 is 14.7 Å². The zero-order chi connectivity index (χ0) is 27.5. The Balaban J connectivity index is 0.967. The van der Waals surface area contributed by atoms with Gasteiger partial charge in [0.25, 0.3) is 5.91 Å². The molecular weight excluding hydrogens is 522 g/mol. The maximum Gasteiger partial charge on any atom is 0.338 e. The number of nitrogens with zero attached hydrogens (tertiary/aromatic N) is 3. The maximum absolute atomic E-state index is 12.9. The van der Waals surface area contributed by atoms with E-state index < -0.39 is 5.41 Å². The zero-order valence-electron chi connectivity index (χ0n) is 23.4. The van der Waals surface area contributed by atoms with E-state index in [0.717, 1.165) is 76.8 Å². The van der Waals surface area contributed by atoms with Gasteiger partial charge in [0.05, 0.1) is 17.7 Å². The first-order valence-electron chi connectivity index (χ1n) is 14.7. The number of benzene rings is 2. The third-order valence-electron chi connectivity index (χ3n) is 8.81. The van der Waals surface area contributed by atoms with Crippen LogP contribution in [0, 0.1) is 5.41 Å². The number of hydroxylamine groups is 1. The number of aryl methyl sites for hydroxylation is 1. The molecule has 2 aliphatic heterocycles. The lowest BCUT2D eigenvalue weighted by Crippen LogP contribution is -2.46. The summed E-state index contributed by atoms with van der Waals surface area (Å²) in [5.41, 5.74) is 2.50. The van der Waals surface area contributed by atoms with Crippen molar-refractivity contribution in [2.24, 2.45) is 5.41 Å². The Labute approximate surface area is 240 Å². The van der Waals surface area contributed by atoms with Crippen LogP contribution in [0.1, 0.15) is 57.4 Å². The molecule has 40 heavy (non-hydrogen) atoms. The van der Waals surface area contributed by atoms with Crippen LogP contribution >= 0.6 is 11.3 Å². The molecule has 7 nitrogen and oxygen atoms in total. The standard InChI is InChI=1S/C32H39N3O4S/c1-32(14-2-3-15-32)31(37)39-35-28-23-25(11-9-24(28)10-12-30(35)36)38-21-5-4-16-33-17-19-34(20-18-33)27-7-6-8-29-26(27)13-22-40-29/h6-9,11,13,22-23H,2-5,10,12,14-21H2,1H3. The van der Waals surface area contributed by atoms with Gasteiger partial charge in [0.1, 0.15) is 5.75 Å². The van der Waals surface area contributed by atoms with E-state index in [2.05, 4.69) is 39.4 Å². The number of carbonyl (C=O) groups excluding carboxylic acids is 2. The molecule has 0 spiro atoms. The first-order chi connectivity index (χ1) is 19.5. The molecule has 3 aliphatic rings. The lowest BCUT2D eigenvalue weighted by Gasteiger charge is -2.36. The highest BCUT2D eigenvalue weighted by molar-refractivity contribution is 7.17. The predicted octanol–water partition coefficient (Wildman–Crippen LogP) is 6.20. The van der Waals surface area contributed by atoms with Gasteiger partial charge in [0.15, 0.2) is 0 Å². The molecule has 2 aromatic carbocycles. The van der Waals surface area contributed by atoms with Gasteiger partial charge in [-0.05, 0) is 80.8 Å². The van der Waals surface area contributed by atoms with E-state index >= 15 is 0 Å². The molecule has 0 atom stereocenters. The molecule has 1 aromatic heterocycles. The second-order valence-electron chi connectivity index (χ2n) is 11.6. The summed E-state index contributed by atoms with van der Waals surface area (Å²) in [6, 6.07) is 14.7. The van der Waals surface area contributed by atoms with Crippen molar-refractivity contribution in [2.75, 3.05) is 49.3 Å². The van der Waals surface area contributed by atoms with E-state index in [1.54, 1.807) is 0 Å². The molecule has 0 bridgehead atoms. The molecule has 3 aromatic rings. The van der Waals surface area contributed by atoms with Crippen LogP contribution in [-0.2, 0) is 20.8 Å². The van der Waals surface area contributed by atoms with E-state index in [0.29, 0.717) is 30.9 Å². The molecule has 1 saturated heterocycles. The fourth-order valence-corrected chi connectivity index (χ4v) is 7.07. The molecule has 6 rings (SSSR count). The summed E-state index contributed by atoms with van der Waals surface area (Å²) in [7, 11) is 0. The summed E-state index contributed by atoms with van der Waals surface area (Å²) in [6.45, 7) is 7.90. The Morgan fingerprint density at radius 3 is 2.62 bits per heavy atom. The number of anilines is 2. The first-order valence-corrected chi connectivity index (χ1v) is 15.6. The van der Waals surface area contributed by atoms with Crippen LogP contribution in [-0.4, -0.2) is 56.1 Å². The second-order valence-corrected chi connectivity index (χ2v) is 12.6. The third kappa shape index (κ3) is 5.70. The summed E-state index contributed by atoms with van der Waals surface area (Å²) >= 11 is 1.81. The summed E-state index contributed by atoms with van der Waals surface area (Å²) in [5.74, 6) is 0.228. The van der Waals surface area contributed by atoms with Gasteiger partial charge in [0.2, 0.25) is 0 Å². The Morgan fingerprint density at radius 2 is 1.80 bits per heavy atom. The number of ether oxygens (including phenoxy) is 1. The van der Waals surface area contributed by atoms with Crippen LogP contribution in [0.5, 0.6) is 5.75 Å². The number of carbonyl (C=O) groups is 2. The minimum Gasteiger partial charge on any atom is -0.494 e. The minimum absolute atomic E-state index is 0.174. The van der Waals surface area contributed by atoms with Crippen molar-refractivity contribution < 1.29 is 19.2 Å². The van der Waals surface area contributed by atoms with Crippen molar-refractivity contribution in [2.45, 2.75) is 58.3 Å². The lowest BCUT2D eigenvalue weighted by molar-refractivity contribution is -0.160. The number of hydrogen-bond donors (Lipinski definition) is 0. The van der Waals surface area contributed by atoms with Crippen molar-refractivity contribution in [3.63, 3.8) is 0 Å². The van der Waals surface area contributed by atoms with Gasteiger partial charge >= 0.3 is 5.97 Å². The van der Waals surface area contributed by atoms with Crippen molar-refractivity contribution in [3.05, 3.63) is 53.4 Å². The monoisotopic (exact) mass is 561 g/mol. The molecule has 8 heteroatoms. The number of thiophene rings is 1. The number of unbranched alkanes of at least 4 members (excludes halogenated alkanes) is 1. The van der Waals surface area contributed by atoms with Gasteiger partial charge in [-0.1, -0.05) is 25.0 Å². The van der Waals surface area contributed by atoms with Gasteiger partial charge in [-0.25, -0.2) is 4.79 Å². The Kier molecular flexibility index (Phi) is 7.98. The van der Waals surface area contributed by atoms with E-state index in [9.17, 15) is 9.59 Å². The molecule has 0 radical (unpaired) electrons. The molecule has 0 unspecified atom stereocenters. The fourth-order valence-electron chi connectivity index (χ4n) is 6.26. The van der Waals surface area contributed by atoms with Crippen LogP contribution in [0.15, 0.2) is 47.8 Å². The minimum atomic E-state index is -0.503. The summed E-state index contributed by atoms with van der Waals surface area (Å²) in [6.07, 6.45) is 6.70. The molecule has 1 amide bonds. The largest absolute Gasteiger partial charge is 0.494 e. The van der Waals surface area contributed by atoms with Gasteiger partial charge in [-0.3, -0.25) is 9.69 Å². The first kappa shape index (κ1) is 27.1. The molecule has 0 N–H and O–H groups in total. The van der Waals surface area contributed by atoms with Gasteiger partial charge in [0, 0.05) is 54.4 Å². The number of amides is 1. The smallest absolute Gasteiger partial charge is 0.338 e. The zero-order valence-corrected chi connectivity index (χ0v) is 24.2. The predicted molar refractivity (Wildman–Crippen MR) is 160 cm³/mol. The number of piperazine rings is 1. The van der Waals surface area contributed by atoms with Gasteiger partial charge in [-0.2, -0.15) is 0 Å². The topological polar surface area (TPSA) is 62.3 Å². The SMILES string of the molecule is CC1(C(=O)ON2C(=O)CCc3ccc(OCCCCN4CCN(c5cccc6sccc56)CC4)cc32)CCCC1. The van der Waals surface area contributed by atoms with E-state index in [4.69, 9.17) is 9.57 Å². The maximum atomic E-state index is 12.9. The molecule has 2 fully saturated rings. The molecule has 3 heterocycles. The van der Waals surface area contributed by atoms with Crippen LogP contribution in [0.4, 0.5) is 11.4 Å². The summed E-state index contributed by atoms with van der Waals surface area (Å²) in [5, 5.41) is 4.77. The second kappa shape index (κ2) is 11.8. The van der Waals surface area contributed by atoms with Crippen molar-refractivity contribution in [1.29, 1.82) is 0 Å². The molecule has 1 aliphatic carbocycles. The Hall–Kier alpha value is -3.10. The normalized spacial score (nSPS) is 19.2. The molecule has 212 valence electrons. The highest BCUT2D eigenvalue weighted by Crippen LogP contribution is 2.40. The fraction of sp³-hybridized carbons (Fsp3) is 0.500. The van der Waals surface area contributed by atoms with Gasteiger partial charge in [-0.15, -0.1) is 16.4 Å². The van der Waals surface area contributed by atoms with E-state index in [-0.39, 0.29) is 11.9 Å². The van der Waals surface area contributed by atoms with Gasteiger partial charge < -0.3 is 14.5 Å². The summed E-state index contributed by atoms with van der Waals surface area (Å²) < 4.78 is 7.43. The quantitative estimate of drug-likeness (QED) is 0.290. The Bertz CT molecular complexity index is 1360. The molecular formula is C32H39N3O4S. The average Bonchev–Trinajstić information content (AvgIpc) is 3.64. The van der Waals surface area contributed by atoms with Crippen molar-refractivity contribution in [1.82, 2.24) is 4.90 Å². The lowest BCUT2D eigenvalue weighted by atomic mass is 9.89. The van der Waals surface area contributed by atoms with Crippen molar-refractivity contribution in [3.8, 4) is 5.75 Å². The Morgan fingerprint density at radius 1 is 0.975 bits per heavy atom. The van der Waals surface area contributed by atoms with E-state index in [1.807, 2.05) is 36.5 Å². The number of hydrogen-bond acceptors (Lipinski definition) is 7. The highest BCUT2D eigenvalue weighted by atomic mass is 32.1. The third-order valence-corrected chi connectivity index (χ3v) is 9.69. The number of fused-ring (bicyclic) bond motifs is 2. The summed E-state index contributed by atoms with van der Waals surface area (Å²) in [4.78, 5) is 36.4. The molecule has 1 saturated carbocycles. The number of rotatable bonds is 9. The van der Waals surface area contributed by atoms with E-state index in [1.165, 1.54) is 20.8 Å². The van der Waals surface area contributed by atoms with Crippen LogP contribution in [0.2, 0.25) is 0 Å². The highest BCUT2D eigenvalue weighted by Gasteiger charge is 2.41.